The lowest BCUT2D eigenvalue weighted by Gasteiger charge is -2.32. The quantitative estimate of drug-likeness (QED) is 0.681. The first kappa shape index (κ1) is 17.5. The molecule has 1 aromatic carbocycles. The Labute approximate surface area is 156 Å². The molecule has 4 rings (SSSR count). The van der Waals surface area contributed by atoms with Crippen LogP contribution in [-0.4, -0.2) is 70.2 Å². The smallest absolute Gasteiger partial charge is 0.291 e. The van der Waals surface area contributed by atoms with Gasteiger partial charge in [0.05, 0.1) is 12.6 Å². The number of amides is 1. The van der Waals surface area contributed by atoms with Gasteiger partial charge < -0.3 is 14.5 Å². The van der Waals surface area contributed by atoms with Gasteiger partial charge in [-0.05, 0) is 32.2 Å². The maximum absolute atomic E-state index is 13.0. The molecule has 0 bridgehead atoms. The number of likely N-dealkylation sites (N-methyl/N-ethyl adjacent to an activating group) is 1. The number of ether oxygens (including phenoxy) is 1. The molecule has 0 atom stereocenters. The molecule has 0 N–H and O–H groups in total. The first-order chi connectivity index (χ1) is 13.0. The molecule has 8 heteroatoms. The maximum atomic E-state index is 13.0. The Bertz CT molecular complexity index is 1080. The Morgan fingerprint density at radius 3 is 2.63 bits per heavy atom. The van der Waals surface area contributed by atoms with E-state index in [1.807, 2.05) is 42.6 Å². The van der Waals surface area contributed by atoms with Gasteiger partial charge in [0, 0.05) is 31.6 Å². The summed E-state index contributed by atoms with van der Waals surface area (Å²) in [6.45, 7) is 4.84. The molecular formula is C19H23N5O3. The second kappa shape index (κ2) is 6.70. The van der Waals surface area contributed by atoms with E-state index in [0.717, 1.165) is 24.0 Å². The number of carbonyl (C=O) groups excluding carboxylic acids is 1. The van der Waals surface area contributed by atoms with Crippen LogP contribution >= 0.6 is 0 Å². The number of rotatable bonds is 3. The molecule has 3 heterocycles. The zero-order valence-electron chi connectivity index (χ0n) is 15.8. The van der Waals surface area contributed by atoms with Crippen molar-refractivity contribution in [1.29, 1.82) is 0 Å². The average molecular weight is 369 g/mol. The number of benzene rings is 1. The molecule has 2 aromatic heterocycles. The van der Waals surface area contributed by atoms with E-state index in [4.69, 9.17) is 4.74 Å². The summed E-state index contributed by atoms with van der Waals surface area (Å²) in [5.74, 6) is 1.28. The fourth-order valence-electron chi connectivity index (χ4n) is 3.68. The summed E-state index contributed by atoms with van der Waals surface area (Å²) in [7, 11) is 3.64. The fourth-order valence-corrected chi connectivity index (χ4v) is 3.68. The third-order valence-corrected chi connectivity index (χ3v) is 5.21. The van der Waals surface area contributed by atoms with Gasteiger partial charge in [-0.2, -0.15) is 5.10 Å². The van der Waals surface area contributed by atoms with Crippen molar-refractivity contribution in [1.82, 2.24) is 24.0 Å². The number of hydrogen-bond acceptors (Lipinski definition) is 5. The molecule has 0 radical (unpaired) electrons. The molecule has 0 spiro atoms. The fraction of sp³-hybridized carbons (Fsp3) is 0.421. The standard InChI is InChI=1S/C19H23N5O3/c1-13-20-23(12-18(25)22-9-7-21(2)8-10-22)19(26)16-11-14-15(24(13)16)5-4-6-17(14)27-3/h4-6,11H,7-10,12H2,1-3H3. The molecule has 1 aliphatic heterocycles. The first-order valence-electron chi connectivity index (χ1n) is 9.02. The number of piperazine rings is 1. The van der Waals surface area contributed by atoms with Gasteiger partial charge in [0.2, 0.25) is 5.91 Å². The molecule has 1 saturated heterocycles. The van der Waals surface area contributed by atoms with Crippen molar-refractivity contribution in [3.05, 3.63) is 40.4 Å². The van der Waals surface area contributed by atoms with Crippen molar-refractivity contribution in [2.24, 2.45) is 0 Å². The molecule has 3 aromatic rings. The van der Waals surface area contributed by atoms with Crippen LogP contribution in [0.25, 0.3) is 16.4 Å². The summed E-state index contributed by atoms with van der Waals surface area (Å²) in [5, 5.41) is 5.25. The molecule has 27 heavy (non-hydrogen) atoms. The van der Waals surface area contributed by atoms with Crippen LogP contribution in [0.5, 0.6) is 5.75 Å². The van der Waals surface area contributed by atoms with Crippen LogP contribution in [0.15, 0.2) is 29.1 Å². The summed E-state index contributed by atoms with van der Waals surface area (Å²) in [5.41, 5.74) is 1.08. The van der Waals surface area contributed by atoms with E-state index in [-0.39, 0.29) is 18.0 Å². The van der Waals surface area contributed by atoms with Crippen molar-refractivity contribution in [3.8, 4) is 5.75 Å². The van der Waals surface area contributed by atoms with E-state index in [9.17, 15) is 9.59 Å². The van der Waals surface area contributed by atoms with Gasteiger partial charge in [0.15, 0.2) is 0 Å². The van der Waals surface area contributed by atoms with Gasteiger partial charge in [-0.15, -0.1) is 0 Å². The second-order valence-electron chi connectivity index (χ2n) is 6.95. The topological polar surface area (TPSA) is 72.1 Å². The molecule has 0 saturated carbocycles. The minimum atomic E-state index is -0.277. The Balaban J connectivity index is 1.74. The van der Waals surface area contributed by atoms with Crippen molar-refractivity contribution in [3.63, 3.8) is 0 Å². The van der Waals surface area contributed by atoms with Gasteiger partial charge in [-0.1, -0.05) is 6.07 Å². The second-order valence-corrected chi connectivity index (χ2v) is 6.95. The summed E-state index contributed by atoms with van der Waals surface area (Å²) in [6, 6.07) is 7.48. The molecular weight excluding hydrogens is 346 g/mol. The monoisotopic (exact) mass is 369 g/mol. The highest BCUT2D eigenvalue weighted by atomic mass is 16.5. The van der Waals surface area contributed by atoms with Crippen molar-refractivity contribution in [2.45, 2.75) is 13.5 Å². The lowest BCUT2D eigenvalue weighted by Crippen LogP contribution is -2.48. The third kappa shape index (κ3) is 2.95. The van der Waals surface area contributed by atoms with E-state index < -0.39 is 0 Å². The average Bonchev–Trinajstić information content (AvgIpc) is 3.06. The van der Waals surface area contributed by atoms with E-state index in [1.165, 1.54) is 4.68 Å². The lowest BCUT2D eigenvalue weighted by atomic mass is 10.2. The third-order valence-electron chi connectivity index (χ3n) is 5.21. The van der Waals surface area contributed by atoms with Crippen LogP contribution in [0.2, 0.25) is 0 Å². The number of aromatic nitrogens is 3. The lowest BCUT2D eigenvalue weighted by molar-refractivity contribution is -0.133. The Kier molecular flexibility index (Phi) is 4.35. The first-order valence-corrected chi connectivity index (χ1v) is 9.02. The number of methoxy groups -OCH3 is 1. The molecule has 0 aliphatic carbocycles. The summed E-state index contributed by atoms with van der Waals surface area (Å²) >= 11 is 0. The van der Waals surface area contributed by atoms with E-state index in [0.29, 0.717) is 30.2 Å². The SMILES string of the molecule is COc1cccc2c1cc1c(=O)n(CC(=O)N3CCN(C)CC3)nc(C)n12. The Morgan fingerprint density at radius 2 is 1.93 bits per heavy atom. The van der Waals surface area contributed by atoms with Crippen molar-refractivity contribution < 1.29 is 9.53 Å². The highest BCUT2D eigenvalue weighted by molar-refractivity contribution is 5.92. The molecule has 0 unspecified atom stereocenters. The van der Waals surface area contributed by atoms with Crippen molar-refractivity contribution in [2.75, 3.05) is 40.3 Å². The van der Waals surface area contributed by atoms with Crippen LogP contribution in [0.3, 0.4) is 0 Å². The minimum absolute atomic E-state index is 0.0431. The number of carbonyl (C=O) groups is 1. The largest absolute Gasteiger partial charge is 0.496 e. The van der Waals surface area contributed by atoms with Gasteiger partial charge in [0.25, 0.3) is 5.56 Å². The highest BCUT2D eigenvalue weighted by Gasteiger charge is 2.21. The Morgan fingerprint density at radius 1 is 1.19 bits per heavy atom. The van der Waals surface area contributed by atoms with Crippen LogP contribution in [0, 0.1) is 6.92 Å². The molecule has 8 nitrogen and oxygen atoms in total. The van der Waals surface area contributed by atoms with E-state index >= 15 is 0 Å². The van der Waals surface area contributed by atoms with E-state index in [1.54, 1.807) is 12.0 Å². The van der Waals surface area contributed by atoms with Gasteiger partial charge in [-0.25, -0.2) is 4.68 Å². The summed E-state index contributed by atoms with van der Waals surface area (Å²) < 4.78 is 8.50. The summed E-state index contributed by atoms with van der Waals surface area (Å²) in [4.78, 5) is 29.6. The molecule has 1 fully saturated rings. The Hall–Kier alpha value is -2.87. The zero-order chi connectivity index (χ0) is 19.1. The maximum Gasteiger partial charge on any atom is 0.291 e. The number of aryl methyl sites for hydroxylation is 1. The summed E-state index contributed by atoms with van der Waals surface area (Å²) in [6.07, 6.45) is 0. The molecule has 142 valence electrons. The predicted octanol–water partition coefficient (Wildman–Crippen LogP) is 0.740. The molecule has 1 aliphatic rings. The highest BCUT2D eigenvalue weighted by Crippen LogP contribution is 2.28. The number of fused-ring (bicyclic) bond motifs is 3. The van der Waals surface area contributed by atoms with Gasteiger partial charge in [0.1, 0.15) is 23.6 Å². The number of nitrogens with zero attached hydrogens (tertiary/aromatic N) is 5. The normalized spacial score (nSPS) is 15.6. The van der Waals surface area contributed by atoms with E-state index in [2.05, 4.69) is 10.00 Å². The minimum Gasteiger partial charge on any atom is -0.496 e. The van der Waals surface area contributed by atoms with Crippen molar-refractivity contribution >= 4 is 22.3 Å². The van der Waals surface area contributed by atoms with Crippen LogP contribution in [0.1, 0.15) is 5.82 Å². The van der Waals surface area contributed by atoms with Gasteiger partial charge in [-0.3, -0.25) is 14.0 Å². The molecule has 1 amide bonds. The van der Waals surface area contributed by atoms with Crippen LogP contribution < -0.4 is 10.3 Å². The van der Waals surface area contributed by atoms with Crippen LogP contribution in [0.4, 0.5) is 0 Å². The van der Waals surface area contributed by atoms with Gasteiger partial charge >= 0.3 is 0 Å². The zero-order valence-corrected chi connectivity index (χ0v) is 15.8. The van der Waals surface area contributed by atoms with Crippen LogP contribution in [-0.2, 0) is 11.3 Å². The predicted molar refractivity (Wildman–Crippen MR) is 102 cm³/mol. The number of hydrogen-bond donors (Lipinski definition) is 0.